The Labute approximate surface area is 189 Å². The van der Waals surface area contributed by atoms with E-state index in [4.69, 9.17) is 4.74 Å². The number of ether oxygens (including phenoxy) is 1. The molecule has 0 amide bonds. The van der Waals surface area contributed by atoms with Crippen LogP contribution in [0.25, 0.3) is 0 Å². The van der Waals surface area contributed by atoms with Crippen LogP contribution in [-0.2, 0) is 9.53 Å². The van der Waals surface area contributed by atoms with Crippen LogP contribution in [0.4, 0.5) is 0 Å². The summed E-state index contributed by atoms with van der Waals surface area (Å²) >= 11 is 0. The van der Waals surface area contributed by atoms with Gasteiger partial charge in [-0.3, -0.25) is 10.1 Å². The normalized spacial score (nSPS) is 58.6. The third kappa shape index (κ3) is 2.17. The second kappa shape index (κ2) is 6.16. The average molecular weight is 429 g/mol. The van der Waals surface area contributed by atoms with Crippen molar-refractivity contribution in [3.8, 4) is 0 Å². The lowest BCUT2D eigenvalue weighted by Crippen LogP contribution is -2.65. The van der Waals surface area contributed by atoms with E-state index >= 15 is 0 Å². The number of fused-ring (bicyclic) bond motifs is 4. The van der Waals surface area contributed by atoms with Gasteiger partial charge in [0, 0.05) is 29.3 Å². The monoisotopic (exact) mass is 428 g/mol. The highest BCUT2D eigenvalue weighted by molar-refractivity contribution is 5.92. The predicted octanol–water partition coefficient (Wildman–Crippen LogP) is 4.48. The fourth-order valence-corrected chi connectivity index (χ4v) is 11.0. The van der Waals surface area contributed by atoms with Crippen LogP contribution in [0, 0.1) is 44.8 Å². The summed E-state index contributed by atoms with van der Waals surface area (Å²) in [5.74, 6) is 2.54. The molecular weight excluding hydrogens is 384 g/mol. The molecule has 0 aromatic carbocycles. The molecule has 1 saturated heterocycles. The molecule has 0 radical (unpaired) electrons. The molecule has 31 heavy (non-hydrogen) atoms. The zero-order chi connectivity index (χ0) is 22.0. The van der Waals surface area contributed by atoms with Gasteiger partial charge in [0.15, 0.2) is 0 Å². The Morgan fingerprint density at radius 3 is 2.52 bits per heavy atom. The number of ketones is 1. The molecule has 6 rings (SSSR count). The van der Waals surface area contributed by atoms with Gasteiger partial charge in [-0.15, -0.1) is 0 Å². The number of hydrogen-bond acceptors (Lipinski definition) is 4. The number of hydrogen-bond donors (Lipinski definition) is 1. The quantitative estimate of drug-likeness (QED) is 0.704. The van der Waals surface area contributed by atoms with Crippen LogP contribution in [0.2, 0.25) is 0 Å². The van der Waals surface area contributed by atoms with Crippen molar-refractivity contribution in [3.05, 3.63) is 0 Å². The van der Waals surface area contributed by atoms with Gasteiger partial charge in [0.2, 0.25) is 0 Å². The Hall–Kier alpha value is -0.450. The molecule has 5 aliphatic carbocycles. The van der Waals surface area contributed by atoms with Crippen molar-refractivity contribution in [1.29, 1.82) is 0 Å². The van der Waals surface area contributed by atoms with Crippen molar-refractivity contribution >= 4 is 5.78 Å². The van der Waals surface area contributed by atoms with Gasteiger partial charge in [0.05, 0.1) is 13.3 Å². The molecule has 5 saturated carbocycles. The summed E-state index contributed by atoms with van der Waals surface area (Å²) in [7, 11) is 4.44. The third-order valence-electron chi connectivity index (χ3n) is 13.0. The van der Waals surface area contributed by atoms with E-state index in [-0.39, 0.29) is 21.7 Å². The minimum Gasteiger partial charge on any atom is -0.366 e. The first-order valence-corrected chi connectivity index (χ1v) is 13.1. The summed E-state index contributed by atoms with van der Waals surface area (Å²) in [6.45, 7) is 11.6. The van der Waals surface area contributed by atoms with Crippen LogP contribution in [0.3, 0.4) is 0 Å². The predicted molar refractivity (Wildman–Crippen MR) is 122 cm³/mol. The number of nitrogens with one attached hydrogen (secondary N) is 1. The van der Waals surface area contributed by atoms with E-state index in [9.17, 15) is 4.79 Å². The van der Waals surface area contributed by atoms with Crippen LogP contribution in [0.5, 0.6) is 0 Å². The SMILES string of the molecule is C[C@@H]([C@H]1CC[C@@]2(C)[C@@H]3CC[C@H]4[C@]5(C)COCN[C@H]5CC[C@@]45C[C@@]35C(=O)C[C@]12C)N(C)C. The fourth-order valence-electron chi connectivity index (χ4n) is 11.0. The summed E-state index contributed by atoms with van der Waals surface area (Å²) in [6, 6.07) is 1.11. The van der Waals surface area contributed by atoms with Gasteiger partial charge < -0.3 is 9.64 Å². The van der Waals surface area contributed by atoms with Crippen molar-refractivity contribution < 1.29 is 9.53 Å². The fraction of sp³-hybridized carbons (Fsp3) is 0.963. The Bertz CT molecular complexity index is 813. The lowest BCUT2D eigenvalue weighted by Gasteiger charge is -2.63. The molecule has 0 aromatic heterocycles. The largest absolute Gasteiger partial charge is 0.366 e. The molecule has 1 aliphatic heterocycles. The van der Waals surface area contributed by atoms with Crippen molar-refractivity contribution in [2.45, 2.75) is 91.1 Å². The zero-order valence-electron chi connectivity index (χ0n) is 20.7. The molecular formula is C27H44N2O2. The van der Waals surface area contributed by atoms with E-state index in [2.05, 4.69) is 52.0 Å². The second-order valence-corrected chi connectivity index (χ2v) is 13.6. The maximum Gasteiger partial charge on any atom is 0.140 e. The molecule has 4 nitrogen and oxygen atoms in total. The van der Waals surface area contributed by atoms with Gasteiger partial charge in [0.25, 0.3) is 0 Å². The van der Waals surface area contributed by atoms with Crippen LogP contribution >= 0.6 is 0 Å². The van der Waals surface area contributed by atoms with E-state index in [0.717, 1.165) is 13.0 Å². The van der Waals surface area contributed by atoms with Crippen molar-refractivity contribution in [2.24, 2.45) is 44.8 Å². The first-order valence-electron chi connectivity index (χ1n) is 13.1. The van der Waals surface area contributed by atoms with Crippen LogP contribution < -0.4 is 5.32 Å². The van der Waals surface area contributed by atoms with Crippen molar-refractivity contribution in [3.63, 3.8) is 0 Å². The highest BCUT2D eigenvalue weighted by Crippen LogP contribution is 2.88. The molecule has 10 atom stereocenters. The molecule has 4 heteroatoms. The highest BCUT2D eigenvalue weighted by Gasteiger charge is 2.85. The van der Waals surface area contributed by atoms with Crippen molar-refractivity contribution in [2.75, 3.05) is 27.4 Å². The number of carbonyl (C=O) groups excluding carboxylic acids is 1. The molecule has 1 N–H and O–H groups in total. The Morgan fingerprint density at radius 2 is 1.77 bits per heavy atom. The second-order valence-electron chi connectivity index (χ2n) is 13.6. The van der Waals surface area contributed by atoms with Crippen LogP contribution in [0.15, 0.2) is 0 Å². The van der Waals surface area contributed by atoms with Crippen LogP contribution in [-0.4, -0.2) is 50.2 Å². The van der Waals surface area contributed by atoms with E-state index in [1.165, 1.54) is 44.9 Å². The zero-order valence-corrected chi connectivity index (χ0v) is 20.7. The molecule has 0 unspecified atom stereocenters. The molecule has 0 aromatic rings. The van der Waals surface area contributed by atoms with Gasteiger partial charge in [-0.1, -0.05) is 20.8 Å². The van der Waals surface area contributed by atoms with Gasteiger partial charge in [-0.05, 0) is 100.0 Å². The van der Waals surface area contributed by atoms with Gasteiger partial charge in [-0.2, -0.15) is 0 Å². The van der Waals surface area contributed by atoms with Gasteiger partial charge in [-0.25, -0.2) is 0 Å². The average Bonchev–Trinajstić information content (AvgIpc) is 3.34. The van der Waals surface area contributed by atoms with Crippen LogP contribution in [0.1, 0.15) is 79.1 Å². The molecule has 0 bridgehead atoms. The first-order chi connectivity index (χ1) is 14.6. The summed E-state index contributed by atoms with van der Waals surface area (Å²) in [5.41, 5.74) is 0.924. The van der Waals surface area contributed by atoms with E-state index < -0.39 is 0 Å². The maximum absolute atomic E-state index is 14.3. The van der Waals surface area contributed by atoms with Gasteiger partial charge >= 0.3 is 0 Å². The lowest BCUT2D eigenvalue weighted by atomic mass is 9.41. The molecule has 2 spiro atoms. The molecule has 6 fully saturated rings. The molecule has 6 aliphatic rings. The summed E-state index contributed by atoms with van der Waals surface area (Å²) < 4.78 is 5.98. The summed E-state index contributed by atoms with van der Waals surface area (Å²) in [5, 5.41) is 3.68. The summed E-state index contributed by atoms with van der Waals surface area (Å²) in [4.78, 5) is 16.7. The lowest BCUT2D eigenvalue weighted by molar-refractivity contribution is -0.180. The Morgan fingerprint density at radius 1 is 1.03 bits per heavy atom. The topological polar surface area (TPSA) is 41.6 Å². The standard InChI is InChI=1S/C27H44N2O2/c1-17(29(5)6)18-9-11-24(3)20-8-7-19-23(2)15-31-16-28-21(23)10-12-26(19)14-27(20,26)22(30)13-25(18,24)4/h17-21,28H,7-16H2,1-6H3/t17-,18+,19-,20-,21-,23-,24-,25+,26+,27-/m0/s1. The van der Waals surface area contributed by atoms with Crippen molar-refractivity contribution in [1.82, 2.24) is 10.2 Å². The number of nitrogens with zero attached hydrogens (tertiary/aromatic N) is 1. The van der Waals surface area contributed by atoms with Gasteiger partial charge in [0.1, 0.15) is 5.78 Å². The number of Topliss-reactive ketones (excluding diaryl/α,β-unsaturated/α-hetero) is 1. The van der Waals surface area contributed by atoms with E-state index in [1.54, 1.807) is 0 Å². The number of rotatable bonds is 2. The Kier molecular flexibility index (Phi) is 4.19. The van der Waals surface area contributed by atoms with E-state index in [1.807, 2.05) is 0 Å². The Balaban J connectivity index is 1.39. The summed E-state index contributed by atoms with van der Waals surface area (Å²) in [6.07, 6.45) is 9.68. The minimum absolute atomic E-state index is 0.00809. The molecule has 1 heterocycles. The van der Waals surface area contributed by atoms with E-state index in [0.29, 0.717) is 47.8 Å². The third-order valence-corrected chi connectivity index (χ3v) is 13.0. The smallest absolute Gasteiger partial charge is 0.140 e. The minimum atomic E-state index is -0.00809. The maximum atomic E-state index is 14.3. The molecule has 174 valence electrons. The first kappa shape index (κ1) is 21.1. The highest BCUT2D eigenvalue weighted by atomic mass is 16.5. The number of carbonyl (C=O) groups is 1.